The standard InChI is InChI=1S/C23H20FN5O.C12H8ClFN4.C11H13NO/c1-14-11-27-29-22(10-21(28-23(14)29)17-8-18(24)13-25-12-17)26-7-6-16-3-2-15-4-5-19(30)9-20(15)16;1-7-4-16-18-11(13)3-10(17-12(7)18)8-2-9(14)6-15-5-8;12-6-5-9-2-1-8-3-4-10(13)7-11(8)9/h3-5,8-13,26,30H,2,6-7H2,1H3;2-6H,1H3;2-4,7,13H,1,5-6,12H2. The molecule has 0 bridgehead atoms. The summed E-state index contributed by atoms with van der Waals surface area (Å²) >= 11 is 6.11. The van der Waals surface area contributed by atoms with Gasteiger partial charge in [0.1, 0.15) is 34.1 Å². The van der Waals surface area contributed by atoms with E-state index in [-0.39, 0.29) is 5.75 Å². The molecule has 308 valence electrons. The van der Waals surface area contributed by atoms with Crippen LogP contribution in [-0.4, -0.2) is 62.5 Å². The minimum absolute atomic E-state index is 0.283. The van der Waals surface area contributed by atoms with E-state index in [1.807, 2.05) is 44.2 Å². The third-order valence-corrected chi connectivity index (χ3v) is 10.7. The number of benzene rings is 2. The number of rotatable bonds is 8. The lowest BCUT2D eigenvalue weighted by Crippen LogP contribution is -2.08. The minimum atomic E-state index is -0.407. The Balaban J connectivity index is 0.000000140. The molecule has 6 heterocycles. The van der Waals surface area contributed by atoms with E-state index < -0.39 is 11.6 Å². The van der Waals surface area contributed by atoms with Crippen molar-refractivity contribution in [2.45, 2.75) is 39.5 Å². The summed E-state index contributed by atoms with van der Waals surface area (Å²) in [7, 11) is 0. The molecule has 0 radical (unpaired) electrons. The van der Waals surface area contributed by atoms with Crippen molar-refractivity contribution < 1.29 is 19.0 Å². The fourth-order valence-electron chi connectivity index (χ4n) is 7.36. The van der Waals surface area contributed by atoms with Gasteiger partial charge in [0.2, 0.25) is 0 Å². The number of allylic oxidation sites excluding steroid dienone is 2. The second-order valence-corrected chi connectivity index (χ2v) is 15.1. The molecule has 0 spiro atoms. The van der Waals surface area contributed by atoms with Crippen molar-refractivity contribution in [2.75, 3.05) is 18.4 Å². The molecule has 6 aromatic heterocycles. The number of nitrogens with zero attached hydrogens (tertiary/aromatic N) is 8. The fraction of sp³-hybridized carbons (Fsp3) is 0.174. The third-order valence-electron chi connectivity index (χ3n) is 10.4. The second-order valence-electron chi connectivity index (χ2n) is 14.7. The number of hydrogen-bond donors (Lipinski definition) is 4. The average Bonchev–Trinajstić information content (AvgIpc) is 4.04. The van der Waals surface area contributed by atoms with E-state index in [4.69, 9.17) is 17.3 Å². The summed E-state index contributed by atoms with van der Waals surface area (Å²) in [5.74, 6) is 0.593. The van der Waals surface area contributed by atoms with Crippen molar-refractivity contribution in [3.63, 3.8) is 0 Å². The highest BCUT2D eigenvalue weighted by atomic mass is 35.5. The summed E-state index contributed by atoms with van der Waals surface area (Å²) in [5.41, 5.74) is 18.4. The number of aryl methyl sites for hydroxylation is 2. The first-order valence-electron chi connectivity index (χ1n) is 19.6. The van der Waals surface area contributed by atoms with Gasteiger partial charge in [-0.05, 0) is 116 Å². The molecule has 0 saturated heterocycles. The monoisotopic (exact) mass is 838 g/mol. The van der Waals surface area contributed by atoms with E-state index in [1.165, 1.54) is 50.7 Å². The van der Waals surface area contributed by atoms with Gasteiger partial charge in [-0.3, -0.25) is 9.97 Å². The smallest absolute Gasteiger partial charge is 0.160 e. The number of anilines is 1. The highest BCUT2D eigenvalue weighted by Crippen LogP contribution is 2.34. The van der Waals surface area contributed by atoms with Gasteiger partial charge in [-0.1, -0.05) is 35.9 Å². The van der Waals surface area contributed by atoms with Crippen LogP contribution in [0.1, 0.15) is 46.2 Å². The van der Waals surface area contributed by atoms with Crippen LogP contribution in [0.15, 0.2) is 110 Å². The maximum absolute atomic E-state index is 13.7. The van der Waals surface area contributed by atoms with Gasteiger partial charge < -0.3 is 21.3 Å². The van der Waals surface area contributed by atoms with Gasteiger partial charge in [-0.15, -0.1) is 0 Å². The van der Waals surface area contributed by atoms with Crippen molar-refractivity contribution in [2.24, 2.45) is 5.73 Å². The molecule has 0 amide bonds. The zero-order valence-electron chi connectivity index (χ0n) is 33.3. The average molecular weight is 839 g/mol. The number of pyridine rings is 2. The Labute approximate surface area is 354 Å². The van der Waals surface area contributed by atoms with E-state index in [0.29, 0.717) is 52.2 Å². The van der Waals surface area contributed by atoms with Crippen molar-refractivity contribution in [3.8, 4) is 34.0 Å². The molecule has 12 nitrogen and oxygen atoms in total. The Morgan fingerprint density at radius 1 is 0.672 bits per heavy atom. The summed E-state index contributed by atoms with van der Waals surface area (Å²) in [6, 6.07) is 17.3. The Bertz CT molecular complexity index is 2980. The Kier molecular flexibility index (Phi) is 11.8. The van der Waals surface area contributed by atoms with Gasteiger partial charge in [0.15, 0.2) is 11.3 Å². The van der Waals surface area contributed by atoms with Crippen molar-refractivity contribution in [3.05, 3.63) is 160 Å². The number of nitrogens with one attached hydrogen (secondary N) is 1. The largest absolute Gasteiger partial charge is 0.508 e. The van der Waals surface area contributed by atoms with Gasteiger partial charge in [-0.25, -0.2) is 23.3 Å². The number of hydrogen-bond acceptors (Lipinski definition) is 10. The maximum atomic E-state index is 13.7. The van der Waals surface area contributed by atoms with E-state index in [1.54, 1.807) is 47.5 Å². The van der Waals surface area contributed by atoms with Gasteiger partial charge in [0.05, 0.1) is 36.2 Å². The van der Waals surface area contributed by atoms with Crippen LogP contribution in [0.25, 0.3) is 45.0 Å². The zero-order valence-corrected chi connectivity index (χ0v) is 34.1. The Morgan fingerprint density at radius 2 is 1.20 bits per heavy atom. The van der Waals surface area contributed by atoms with Crippen LogP contribution in [0.3, 0.4) is 0 Å². The summed E-state index contributed by atoms with van der Waals surface area (Å²) in [6.45, 7) is 5.18. The SMILES string of the molecule is Cc1cnn2c(Cl)cc(-c3cncc(F)c3)nc12.Cc1cnn2c(NCCC3=CCc4ccc(O)cc43)cc(-c3cncc(F)c3)nc12.NCCC1=CCc2ccc(O)cc21. The summed E-state index contributed by atoms with van der Waals surface area (Å²) in [6.07, 6.45) is 16.9. The van der Waals surface area contributed by atoms with Crippen LogP contribution in [0, 0.1) is 25.5 Å². The number of phenols is 2. The van der Waals surface area contributed by atoms with Gasteiger partial charge >= 0.3 is 0 Å². The molecule has 8 aromatic rings. The molecule has 0 unspecified atom stereocenters. The van der Waals surface area contributed by atoms with Crippen molar-refractivity contribution in [1.29, 1.82) is 0 Å². The van der Waals surface area contributed by atoms with E-state index >= 15 is 0 Å². The van der Waals surface area contributed by atoms with Crippen LogP contribution in [-0.2, 0) is 12.8 Å². The predicted molar refractivity (Wildman–Crippen MR) is 233 cm³/mol. The first kappa shape index (κ1) is 40.7. The summed E-state index contributed by atoms with van der Waals surface area (Å²) < 4.78 is 30.1. The van der Waals surface area contributed by atoms with E-state index in [0.717, 1.165) is 60.0 Å². The number of halogens is 3. The first-order valence-corrected chi connectivity index (χ1v) is 20.0. The molecule has 15 heteroatoms. The normalized spacial score (nSPS) is 12.6. The summed E-state index contributed by atoms with van der Waals surface area (Å²) in [4.78, 5) is 16.8. The first-order chi connectivity index (χ1) is 29.5. The molecule has 0 saturated carbocycles. The second kappa shape index (κ2) is 17.7. The zero-order chi connectivity index (χ0) is 42.6. The highest BCUT2D eigenvalue weighted by molar-refractivity contribution is 6.30. The van der Waals surface area contributed by atoms with Gasteiger partial charge in [0, 0.05) is 53.3 Å². The van der Waals surface area contributed by atoms with E-state index in [9.17, 15) is 19.0 Å². The lowest BCUT2D eigenvalue weighted by atomic mass is 10.0. The lowest BCUT2D eigenvalue weighted by Gasteiger charge is -2.12. The van der Waals surface area contributed by atoms with Crippen LogP contribution in [0.5, 0.6) is 11.5 Å². The number of phenolic OH excluding ortho intramolecular Hbond substituents is 2. The number of fused-ring (bicyclic) bond motifs is 4. The molecule has 2 aromatic carbocycles. The van der Waals surface area contributed by atoms with Crippen LogP contribution >= 0.6 is 11.6 Å². The van der Waals surface area contributed by atoms with Crippen LogP contribution < -0.4 is 11.1 Å². The number of nitrogens with two attached hydrogens (primary N) is 1. The molecule has 10 rings (SSSR count). The highest BCUT2D eigenvalue weighted by Gasteiger charge is 2.17. The molecule has 0 fully saturated rings. The molecular formula is C46H41ClF2N10O2. The lowest BCUT2D eigenvalue weighted by molar-refractivity contribution is 0.474. The molecule has 0 aliphatic heterocycles. The van der Waals surface area contributed by atoms with Crippen LogP contribution in [0.4, 0.5) is 14.6 Å². The fourth-order valence-corrected chi connectivity index (χ4v) is 7.58. The molecule has 61 heavy (non-hydrogen) atoms. The summed E-state index contributed by atoms with van der Waals surface area (Å²) in [5, 5.41) is 31.5. The van der Waals surface area contributed by atoms with Crippen LogP contribution in [0.2, 0.25) is 5.15 Å². The Morgan fingerprint density at radius 3 is 1.75 bits per heavy atom. The van der Waals surface area contributed by atoms with Gasteiger partial charge in [-0.2, -0.15) is 14.7 Å². The molecule has 2 aliphatic carbocycles. The van der Waals surface area contributed by atoms with Crippen molar-refractivity contribution in [1.82, 2.24) is 39.2 Å². The predicted octanol–water partition coefficient (Wildman–Crippen LogP) is 8.96. The van der Waals surface area contributed by atoms with Crippen molar-refractivity contribution >= 4 is 39.9 Å². The molecule has 5 N–H and O–H groups in total. The Hall–Kier alpha value is -7.03. The topological polar surface area (TPSA) is 165 Å². The minimum Gasteiger partial charge on any atom is -0.508 e. The third kappa shape index (κ3) is 8.95. The molecular weight excluding hydrogens is 798 g/mol. The molecule has 2 aliphatic rings. The number of aromatic nitrogens is 8. The van der Waals surface area contributed by atoms with E-state index in [2.05, 4.69) is 47.6 Å². The van der Waals surface area contributed by atoms with Gasteiger partial charge in [0.25, 0.3) is 0 Å². The maximum Gasteiger partial charge on any atom is 0.160 e. The number of aromatic hydroxyl groups is 2. The molecule has 0 atom stereocenters. The quantitative estimate of drug-likeness (QED) is 0.109.